The van der Waals surface area contributed by atoms with E-state index in [9.17, 15) is 4.79 Å². The van der Waals surface area contributed by atoms with Crippen molar-refractivity contribution in [3.05, 3.63) is 16.8 Å². The molecular weight excluding hydrogens is 238 g/mol. The van der Waals surface area contributed by atoms with Crippen LogP contribution in [0.4, 0.5) is 0 Å². The zero-order valence-electron chi connectivity index (χ0n) is 3.87. The lowest BCUT2D eigenvalue weighted by molar-refractivity contribution is -0.114. The standard InChI is InChI=1S/C4H3Br2NO/c1-2-3(5)4(8)7-6/h1H2,(H,7,8). The molecule has 0 aliphatic heterocycles. The summed E-state index contributed by atoms with van der Waals surface area (Å²) in [5, 5.41) is 0. The van der Waals surface area contributed by atoms with Crippen LogP contribution in [0.5, 0.6) is 0 Å². The first-order chi connectivity index (χ1) is 3.72. The maximum atomic E-state index is 10.4. The van der Waals surface area contributed by atoms with Crippen LogP contribution in [-0.4, -0.2) is 5.91 Å². The van der Waals surface area contributed by atoms with Crippen LogP contribution in [0.1, 0.15) is 0 Å². The van der Waals surface area contributed by atoms with Gasteiger partial charge >= 0.3 is 0 Å². The van der Waals surface area contributed by atoms with Crippen LogP contribution in [0.2, 0.25) is 0 Å². The highest BCUT2D eigenvalue weighted by Crippen LogP contribution is 2.00. The van der Waals surface area contributed by atoms with E-state index in [0.29, 0.717) is 0 Å². The number of carbonyl (C=O) groups is 1. The van der Waals surface area contributed by atoms with Crippen LogP contribution in [0, 0.1) is 0 Å². The summed E-state index contributed by atoms with van der Waals surface area (Å²) in [5.41, 5.74) is 2.36. The summed E-state index contributed by atoms with van der Waals surface area (Å²) in [6, 6.07) is 0. The predicted octanol–water partition coefficient (Wildman–Crippen LogP) is 1.48. The Bertz CT molecular complexity index is 148. The van der Waals surface area contributed by atoms with Crippen molar-refractivity contribution in [1.29, 1.82) is 0 Å². The van der Waals surface area contributed by atoms with Crippen LogP contribution in [0.3, 0.4) is 0 Å². The van der Waals surface area contributed by atoms with Crippen molar-refractivity contribution in [2.45, 2.75) is 0 Å². The van der Waals surface area contributed by atoms with Crippen molar-refractivity contribution < 1.29 is 4.79 Å². The minimum atomic E-state index is -0.292. The number of rotatable bonds is 1. The maximum absolute atomic E-state index is 10.4. The van der Waals surface area contributed by atoms with Gasteiger partial charge in [0.25, 0.3) is 5.91 Å². The Morgan fingerprint density at radius 3 is 2.38 bits per heavy atom. The van der Waals surface area contributed by atoms with Crippen molar-refractivity contribution in [1.82, 2.24) is 4.34 Å². The first kappa shape index (κ1) is 7.95. The molecule has 0 aromatic heterocycles. The normalized spacial score (nSPS) is 7.25. The second-order valence-electron chi connectivity index (χ2n) is 0.914. The number of hydrogen-bond donors (Lipinski definition) is 1. The molecule has 0 heterocycles. The Kier molecular flexibility index (Phi) is 3.87. The van der Waals surface area contributed by atoms with Gasteiger partial charge in [-0.3, -0.25) is 9.14 Å². The molecule has 0 atom stereocenters. The zero-order chi connectivity index (χ0) is 6.57. The van der Waals surface area contributed by atoms with Gasteiger partial charge in [0.15, 0.2) is 0 Å². The number of halogens is 2. The van der Waals surface area contributed by atoms with Gasteiger partial charge in [0, 0.05) is 16.1 Å². The molecule has 0 bridgehead atoms. The monoisotopic (exact) mass is 239 g/mol. The minimum Gasteiger partial charge on any atom is -0.288 e. The molecule has 0 saturated heterocycles. The molecule has 0 aromatic rings. The fraction of sp³-hybridized carbons (Fsp3) is 0. The van der Waals surface area contributed by atoms with Gasteiger partial charge < -0.3 is 0 Å². The summed E-state index contributed by atoms with van der Waals surface area (Å²) < 4.78 is 2.49. The molecule has 1 amide bonds. The van der Waals surface area contributed by atoms with Gasteiger partial charge in [-0.15, -0.1) is 5.73 Å². The second-order valence-corrected chi connectivity index (χ2v) is 2.10. The molecule has 0 aromatic carbocycles. The van der Waals surface area contributed by atoms with Crippen LogP contribution in [0.15, 0.2) is 16.8 Å². The fourth-order valence-electron chi connectivity index (χ4n) is 0.122. The third-order valence-corrected chi connectivity index (χ3v) is 1.44. The number of hydrogen-bond acceptors (Lipinski definition) is 1. The van der Waals surface area contributed by atoms with E-state index < -0.39 is 0 Å². The molecule has 0 saturated carbocycles. The average Bonchev–Trinajstić information content (AvgIpc) is 1.84. The van der Waals surface area contributed by atoms with Gasteiger partial charge in [-0.25, -0.2) is 0 Å². The lowest BCUT2D eigenvalue weighted by atomic mass is 10.6. The zero-order valence-corrected chi connectivity index (χ0v) is 7.04. The van der Waals surface area contributed by atoms with E-state index in [4.69, 9.17) is 0 Å². The Balaban J connectivity index is 4.04. The lowest BCUT2D eigenvalue weighted by Gasteiger charge is -1.87. The summed E-state index contributed by atoms with van der Waals surface area (Å²) in [6.07, 6.45) is 0. The van der Waals surface area contributed by atoms with Crippen molar-refractivity contribution in [3.8, 4) is 0 Å². The molecule has 0 aliphatic carbocycles. The first-order valence-corrected chi connectivity index (χ1v) is 3.27. The van der Waals surface area contributed by atoms with Gasteiger partial charge in [0.05, 0.1) is 0 Å². The average molecular weight is 241 g/mol. The van der Waals surface area contributed by atoms with Gasteiger partial charge in [0.2, 0.25) is 0 Å². The van der Waals surface area contributed by atoms with Crippen molar-refractivity contribution in [2.75, 3.05) is 0 Å². The van der Waals surface area contributed by atoms with E-state index in [1.165, 1.54) is 0 Å². The fourth-order valence-corrected chi connectivity index (χ4v) is 0.685. The Morgan fingerprint density at radius 1 is 1.75 bits per heavy atom. The first-order valence-electron chi connectivity index (χ1n) is 1.69. The molecule has 0 rings (SSSR count). The van der Waals surface area contributed by atoms with Crippen molar-refractivity contribution >= 4 is 38.0 Å². The summed E-state index contributed by atoms with van der Waals surface area (Å²) >= 11 is 5.64. The van der Waals surface area contributed by atoms with Crippen LogP contribution >= 0.6 is 32.1 Å². The summed E-state index contributed by atoms with van der Waals surface area (Å²) in [5.74, 6) is -0.292. The minimum absolute atomic E-state index is 0.286. The van der Waals surface area contributed by atoms with Gasteiger partial charge in [-0.05, 0) is 15.9 Å². The highest BCUT2D eigenvalue weighted by molar-refractivity contribution is 9.12. The topological polar surface area (TPSA) is 29.1 Å². The third-order valence-electron chi connectivity index (χ3n) is 0.440. The summed E-state index contributed by atoms with van der Waals surface area (Å²) in [4.78, 5) is 10.4. The molecule has 0 radical (unpaired) electrons. The highest BCUT2D eigenvalue weighted by Gasteiger charge is 1.99. The van der Waals surface area contributed by atoms with E-state index >= 15 is 0 Å². The largest absolute Gasteiger partial charge is 0.288 e. The highest BCUT2D eigenvalue weighted by atomic mass is 79.9. The lowest BCUT2D eigenvalue weighted by Crippen LogP contribution is -2.09. The molecule has 44 valence electrons. The van der Waals surface area contributed by atoms with Crippen molar-refractivity contribution in [2.24, 2.45) is 0 Å². The molecule has 1 N–H and O–H groups in total. The molecule has 0 unspecified atom stereocenters. The molecule has 0 aliphatic rings. The van der Waals surface area contributed by atoms with E-state index in [-0.39, 0.29) is 10.4 Å². The molecule has 0 fully saturated rings. The smallest absolute Gasteiger partial charge is 0.276 e. The number of carbonyl (C=O) groups excluding carboxylic acids is 1. The maximum Gasteiger partial charge on any atom is 0.276 e. The van der Waals surface area contributed by atoms with Crippen LogP contribution < -0.4 is 4.34 Å². The van der Waals surface area contributed by atoms with Gasteiger partial charge in [-0.1, -0.05) is 6.58 Å². The van der Waals surface area contributed by atoms with Gasteiger partial charge in [0.1, 0.15) is 4.48 Å². The van der Waals surface area contributed by atoms with Crippen molar-refractivity contribution in [3.63, 3.8) is 0 Å². The van der Waals surface area contributed by atoms with E-state index in [1.54, 1.807) is 0 Å². The SMILES string of the molecule is C=C=C(Br)C(=O)NBr. The molecule has 4 heteroatoms. The van der Waals surface area contributed by atoms with Crippen LogP contribution in [-0.2, 0) is 4.79 Å². The van der Waals surface area contributed by atoms with E-state index in [1.807, 2.05) is 0 Å². The Morgan fingerprint density at radius 2 is 2.25 bits per heavy atom. The number of nitrogens with one attached hydrogen (secondary N) is 1. The molecule has 8 heavy (non-hydrogen) atoms. The van der Waals surface area contributed by atoms with Crippen LogP contribution in [0.25, 0.3) is 0 Å². The summed E-state index contributed by atoms with van der Waals surface area (Å²) in [7, 11) is 0. The third kappa shape index (κ3) is 2.31. The molecule has 2 nitrogen and oxygen atoms in total. The van der Waals surface area contributed by atoms with E-state index in [0.717, 1.165) is 0 Å². The Hall–Kier alpha value is -0.0500. The second kappa shape index (κ2) is 3.89. The quantitative estimate of drug-likeness (QED) is 0.420. The number of amides is 1. The Labute approximate surface area is 64.1 Å². The van der Waals surface area contributed by atoms with E-state index in [2.05, 4.69) is 48.7 Å². The molecule has 0 spiro atoms. The predicted molar refractivity (Wildman–Crippen MR) is 38.6 cm³/mol. The summed E-state index contributed by atoms with van der Waals surface area (Å²) in [6.45, 7) is 3.24. The van der Waals surface area contributed by atoms with Gasteiger partial charge in [-0.2, -0.15) is 0 Å². The molecular formula is C4H3Br2NO.